The third-order valence-electron chi connectivity index (χ3n) is 2.43. The summed E-state index contributed by atoms with van der Waals surface area (Å²) in [5.74, 6) is -2.21. The smallest absolute Gasteiger partial charge is 0.388 e. The first kappa shape index (κ1) is 15.9. The van der Waals surface area contributed by atoms with Gasteiger partial charge in [-0.1, -0.05) is 6.08 Å². The predicted octanol–water partition coefficient (Wildman–Crippen LogP) is -0.686. The summed E-state index contributed by atoms with van der Waals surface area (Å²) in [7, 11) is 0. The summed E-state index contributed by atoms with van der Waals surface area (Å²) in [6.45, 7) is 2.98. The number of alkyl halides is 3. The second-order valence-electron chi connectivity index (χ2n) is 3.88. The van der Waals surface area contributed by atoms with E-state index >= 15 is 0 Å². The Hall–Kier alpha value is -1.16. The fourth-order valence-electron chi connectivity index (χ4n) is 1.48. The van der Waals surface area contributed by atoms with Gasteiger partial charge >= 0.3 is 12.1 Å². The third kappa shape index (κ3) is 4.16. The van der Waals surface area contributed by atoms with Gasteiger partial charge in [-0.25, -0.2) is 0 Å². The molecule has 1 unspecified atom stereocenters. The molecule has 0 aromatic heterocycles. The molecule has 0 aliphatic carbocycles. The number of carbonyl (C=O) groups excluding carboxylic acids is 1. The zero-order chi connectivity index (χ0) is 14.6. The summed E-state index contributed by atoms with van der Waals surface area (Å²) >= 11 is 0. The fraction of sp³-hybridized carbons (Fsp3) is 0.700. The maximum atomic E-state index is 12.0. The first-order chi connectivity index (χ1) is 8.77. The molecule has 1 aliphatic heterocycles. The number of halogens is 3. The van der Waals surface area contributed by atoms with Gasteiger partial charge in [-0.15, -0.1) is 6.58 Å². The SMILES string of the molecule is C=CCOC1OC[C@H](NC(=O)C(F)(F)F)[C@H](O)[C@@H]1O. The molecule has 1 rings (SSSR count). The minimum absolute atomic E-state index is 0.0357. The zero-order valence-corrected chi connectivity index (χ0v) is 9.76. The first-order valence-electron chi connectivity index (χ1n) is 5.35. The van der Waals surface area contributed by atoms with Crippen molar-refractivity contribution < 1.29 is 37.7 Å². The average molecular weight is 285 g/mol. The van der Waals surface area contributed by atoms with Gasteiger partial charge in [0.15, 0.2) is 6.29 Å². The maximum Gasteiger partial charge on any atom is 0.471 e. The van der Waals surface area contributed by atoms with Gasteiger partial charge < -0.3 is 25.0 Å². The average Bonchev–Trinajstić information content (AvgIpc) is 2.33. The van der Waals surface area contributed by atoms with Crippen molar-refractivity contribution in [2.75, 3.05) is 13.2 Å². The van der Waals surface area contributed by atoms with E-state index in [1.807, 2.05) is 0 Å². The molecule has 1 heterocycles. The minimum atomic E-state index is -5.07. The highest BCUT2D eigenvalue weighted by atomic mass is 19.4. The molecular weight excluding hydrogens is 271 g/mol. The Bertz CT molecular complexity index is 336. The van der Waals surface area contributed by atoms with Crippen LogP contribution in [0.3, 0.4) is 0 Å². The van der Waals surface area contributed by atoms with Crippen molar-refractivity contribution in [3.63, 3.8) is 0 Å². The van der Waals surface area contributed by atoms with Gasteiger partial charge in [-0.2, -0.15) is 13.2 Å². The van der Waals surface area contributed by atoms with E-state index in [0.29, 0.717) is 0 Å². The molecule has 0 aromatic carbocycles. The quantitative estimate of drug-likeness (QED) is 0.595. The lowest BCUT2D eigenvalue weighted by atomic mass is 10.0. The van der Waals surface area contributed by atoms with Gasteiger partial charge in [-0.05, 0) is 0 Å². The predicted molar refractivity (Wildman–Crippen MR) is 55.9 cm³/mol. The molecule has 6 nitrogen and oxygen atoms in total. The number of nitrogens with one attached hydrogen (secondary N) is 1. The number of aliphatic hydroxyl groups excluding tert-OH is 2. The lowest BCUT2D eigenvalue weighted by molar-refractivity contribution is -0.248. The summed E-state index contributed by atoms with van der Waals surface area (Å²) < 4.78 is 46.0. The van der Waals surface area contributed by atoms with Gasteiger partial charge in [0.25, 0.3) is 0 Å². The van der Waals surface area contributed by atoms with E-state index in [-0.39, 0.29) is 6.61 Å². The Kier molecular flexibility index (Phi) is 5.29. The molecule has 0 saturated carbocycles. The Morgan fingerprint density at radius 1 is 1.47 bits per heavy atom. The Morgan fingerprint density at radius 3 is 2.63 bits per heavy atom. The highest BCUT2D eigenvalue weighted by Crippen LogP contribution is 2.19. The van der Waals surface area contributed by atoms with E-state index in [4.69, 9.17) is 9.47 Å². The molecule has 4 atom stereocenters. The third-order valence-corrected chi connectivity index (χ3v) is 2.43. The Balaban J connectivity index is 2.57. The van der Waals surface area contributed by atoms with Gasteiger partial charge in [0.1, 0.15) is 12.2 Å². The number of hydrogen-bond acceptors (Lipinski definition) is 5. The van der Waals surface area contributed by atoms with E-state index in [1.54, 1.807) is 5.32 Å². The summed E-state index contributed by atoms with van der Waals surface area (Å²) in [5.41, 5.74) is 0. The van der Waals surface area contributed by atoms with E-state index in [2.05, 4.69) is 6.58 Å². The van der Waals surface area contributed by atoms with Crippen LogP contribution < -0.4 is 5.32 Å². The summed E-state index contributed by atoms with van der Waals surface area (Å²) in [6, 6.07) is -1.37. The molecule has 3 N–H and O–H groups in total. The van der Waals surface area contributed by atoms with Crippen LogP contribution in [0, 0.1) is 0 Å². The molecule has 1 aliphatic rings. The van der Waals surface area contributed by atoms with Gasteiger partial charge in [0, 0.05) is 0 Å². The molecule has 1 amide bonds. The standard InChI is InChI=1S/C10H14F3NO5/c1-2-3-18-8-7(16)6(15)5(4-19-8)14-9(17)10(11,12)13/h2,5-8,15-16H,1,3-4H2,(H,14,17)/t5-,6-,7-,8?/m0/s1. The topological polar surface area (TPSA) is 88.0 Å². The highest BCUT2D eigenvalue weighted by Gasteiger charge is 2.45. The van der Waals surface area contributed by atoms with Crippen molar-refractivity contribution in [3.8, 4) is 0 Å². The number of amides is 1. The van der Waals surface area contributed by atoms with E-state index in [0.717, 1.165) is 0 Å². The van der Waals surface area contributed by atoms with Gasteiger partial charge in [0.2, 0.25) is 0 Å². The van der Waals surface area contributed by atoms with Crippen LogP contribution >= 0.6 is 0 Å². The summed E-state index contributed by atoms with van der Waals surface area (Å²) in [5, 5.41) is 20.7. The second-order valence-corrected chi connectivity index (χ2v) is 3.88. The van der Waals surface area contributed by atoms with Gasteiger partial charge in [-0.3, -0.25) is 4.79 Å². The molecule has 9 heteroatoms. The molecule has 0 bridgehead atoms. The fourth-order valence-corrected chi connectivity index (χ4v) is 1.48. The first-order valence-corrected chi connectivity index (χ1v) is 5.35. The molecule has 0 spiro atoms. The van der Waals surface area contributed by atoms with Crippen LogP contribution in [-0.2, 0) is 14.3 Å². The molecular formula is C10H14F3NO5. The van der Waals surface area contributed by atoms with Gasteiger partial charge in [0.05, 0.1) is 19.3 Å². The van der Waals surface area contributed by atoms with Crippen molar-refractivity contribution in [1.29, 1.82) is 0 Å². The van der Waals surface area contributed by atoms with E-state index in [1.165, 1.54) is 6.08 Å². The molecule has 19 heavy (non-hydrogen) atoms. The van der Waals surface area contributed by atoms with Crippen LogP contribution in [-0.4, -0.2) is 60.1 Å². The number of ether oxygens (including phenoxy) is 2. The van der Waals surface area contributed by atoms with Crippen molar-refractivity contribution in [2.24, 2.45) is 0 Å². The largest absolute Gasteiger partial charge is 0.471 e. The maximum absolute atomic E-state index is 12.0. The molecule has 1 fully saturated rings. The molecule has 0 radical (unpaired) electrons. The lowest BCUT2D eigenvalue weighted by Gasteiger charge is -2.37. The molecule has 0 aromatic rings. The van der Waals surface area contributed by atoms with Crippen molar-refractivity contribution in [1.82, 2.24) is 5.32 Å². The summed E-state index contributed by atoms with van der Waals surface area (Å²) in [6.07, 6.45) is -8.09. The van der Waals surface area contributed by atoms with Crippen LogP contribution in [0.2, 0.25) is 0 Å². The normalized spacial score (nSPS) is 31.8. The Morgan fingerprint density at radius 2 is 2.11 bits per heavy atom. The lowest BCUT2D eigenvalue weighted by Crippen LogP contribution is -2.61. The van der Waals surface area contributed by atoms with Crippen molar-refractivity contribution in [3.05, 3.63) is 12.7 Å². The zero-order valence-electron chi connectivity index (χ0n) is 9.76. The van der Waals surface area contributed by atoms with Crippen LogP contribution in [0.5, 0.6) is 0 Å². The van der Waals surface area contributed by atoms with Crippen molar-refractivity contribution >= 4 is 5.91 Å². The van der Waals surface area contributed by atoms with Crippen LogP contribution in [0.4, 0.5) is 13.2 Å². The van der Waals surface area contributed by atoms with Crippen LogP contribution in [0.25, 0.3) is 0 Å². The van der Waals surface area contributed by atoms with E-state index in [9.17, 15) is 28.2 Å². The van der Waals surface area contributed by atoms with E-state index < -0.39 is 43.2 Å². The molecule has 1 saturated heterocycles. The number of rotatable bonds is 4. The number of aliphatic hydroxyl groups is 2. The monoisotopic (exact) mass is 285 g/mol. The Labute approximate surface area is 106 Å². The second kappa shape index (κ2) is 6.33. The van der Waals surface area contributed by atoms with Crippen molar-refractivity contribution in [2.45, 2.75) is 30.7 Å². The highest BCUT2D eigenvalue weighted by molar-refractivity contribution is 5.82. The summed E-state index contributed by atoms with van der Waals surface area (Å²) in [4.78, 5) is 10.7. The van der Waals surface area contributed by atoms with Crippen LogP contribution in [0.15, 0.2) is 12.7 Å². The molecule has 110 valence electrons. The number of carbonyl (C=O) groups is 1. The van der Waals surface area contributed by atoms with Crippen LogP contribution in [0.1, 0.15) is 0 Å². The minimum Gasteiger partial charge on any atom is -0.388 e. The number of hydrogen-bond donors (Lipinski definition) is 3.